The first-order valence-electron chi connectivity index (χ1n) is 5.13. The van der Waals surface area contributed by atoms with Crippen LogP contribution in [-0.4, -0.2) is 15.3 Å². The summed E-state index contributed by atoms with van der Waals surface area (Å²) in [6, 6.07) is 0. The van der Waals surface area contributed by atoms with Crippen LogP contribution in [0.1, 0.15) is 46.5 Å². The SMILES string of the molecule is CCCC(CCC)=C(C)C(=O)P(=O)(O)O. The fourth-order valence-corrected chi connectivity index (χ4v) is 2.07. The topological polar surface area (TPSA) is 74.6 Å². The zero-order valence-corrected chi connectivity index (χ0v) is 10.4. The summed E-state index contributed by atoms with van der Waals surface area (Å²) in [7, 11) is -4.61. The predicted octanol–water partition coefficient (Wildman–Crippen LogP) is 2.61. The van der Waals surface area contributed by atoms with Crippen molar-refractivity contribution in [1.82, 2.24) is 0 Å². The van der Waals surface area contributed by atoms with Gasteiger partial charge in [0.2, 0.25) is 0 Å². The summed E-state index contributed by atoms with van der Waals surface area (Å²) in [4.78, 5) is 28.9. The van der Waals surface area contributed by atoms with E-state index in [0.29, 0.717) is 0 Å². The fourth-order valence-electron chi connectivity index (χ4n) is 1.47. The van der Waals surface area contributed by atoms with E-state index in [0.717, 1.165) is 31.3 Å². The Morgan fingerprint density at radius 1 is 1.13 bits per heavy atom. The molecule has 0 bridgehead atoms. The second-order valence-corrected chi connectivity index (χ2v) is 5.07. The molecule has 0 aliphatic carbocycles. The molecule has 2 N–H and O–H groups in total. The van der Waals surface area contributed by atoms with Crippen molar-refractivity contribution < 1.29 is 19.1 Å². The second-order valence-electron chi connectivity index (χ2n) is 3.58. The molecule has 0 fully saturated rings. The third kappa shape index (κ3) is 4.74. The largest absolute Gasteiger partial charge is 0.396 e. The van der Waals surface area contributed by atoms with Crippen LogP contribution >= 0.6 is 7.60 Å². The maximum absolute atomic E-state index is 11.3. The van der Waals surface area contributed by atoms with Crippen LogP contribution in [0.2, 0.25) is 0 Å². The average Bonchev–Trinajstić information content (AvgIpc) is 2.14. The molecule has 0 saturated carbocycles. The van der Waals surface area contributed by atoms with Crippen LogP contribution in [-0.2, 0) is 9.36 Å². The normalized spacial score (nSPS) is 11.3. The molecule has 88 valence electrons. The maximum atomic E-state index is 11.3. The summed E-state index contributed by atoms with van der Waals surface area (Å²) in [6.45, 7) is 5.46. The van der Waals surface area contributed by atoms with Gasteiger partial charge in [0, 0.05) is 5.57 Å². The molecular weight excluding hydrogens is 215 g/mol. The summed E-state index contributed by atoms with van der Waals surface area (Å²) < 4.78 is 10.8. The van der Waals surface area contributed by atoms with E-state index in [-0.39, 0.29) is 5.57 Å². The van der Waals surface area contributed by atoms with Crippen LogP contribution in [0.15, 0.2) is 11.1 Å². The first-order chi connectivity index (χ1) is 6.84. The molecule has 0 aliphatic rings. The van der Waals surface area contributed by atoms with Gasteiger partial charge in [0.25, 0.3) is 5.52 Å². The van der Waals surface area contributed by atoms with Gasteiger partial charge in [0.1, 0.15) is 0 Å². The third-order valence-electron chi connectivity index (χ3n) is 2.22. The summed E-state index contributed by atoms with van der Waals surface area (Å²) >= 11 is 0. The van der Waals surface area contributed by atoms with Gasteiger partial charge in [0.15, 0.2) is 0 Å². The zero-order valence-electron chi connectivity index (χ0n) is 9.49. The summed E-state index contributed by atoms with van der Waals surface area (Å²) in [5, 5.41) is 0. The van der Waals surface area contributed by atoms with Gasteiger partial charge < -0.3 is 9.79 Å². The summed E-state index contributed by atoms with van der Waals surface area (Å²) in [5.74, 6) is 0. The molecule has 0 radical (unpaired) electrons. The first kappa shape index (κ1) is 14.6. The number of carbonyl (C=O) groups excluding carboxylic acids is 1. The van der Waals surface area contributed by atoms with Crippen LogP contribution in [0.4, 0.5) is 0 Å². The third-order valence-corrected chi connectivity index (χ3v) is 3.08. The molecule has 0 spiro atoms. The quantitative estimate of drug-likeness (QED) is 0.547. The van der Waals surface area contributed by atoms with Crippen LogP contribution in [0.25, 0.3) is 0 Å². The highest BCUT2D eigenvalue weighted by Gasteiger charge is 2.28. The van der Waals surface area contributed by atoms with Crippen molar-refractivity contribution in [1.29, 1.82) is 0 Å². The predicted molar refractivity (Wildman–Crippen MR) is 59.6 cm³/mol. The molecule has 0 heterocycles. The van der Waals surface area contributed by atoms with Gasteiger partial charge in [-0.25, -0.2) is 0 Å². The molecule has 0 unspecified atom stereocenters. The second kappa shape index (κ2) is 6.21. The molecule has 0 atom stereocenters. The van der Waals surface area contributed by atoms with Crippen molar-refractivity contribution in [3.05, 3.63) is 11.1 Å². The Morgan fingerprint density at radius 3 is 1.80 bits per heavy atom. The molecule has 0 saturated heterocycles. The number of hydrogen-bond donors (Lipinski definition) is 2. The molecule has 0 aromatic heterocycles. The van der Waals surface area contributed by atoms with E-state index in [9.17, 15) is 9.36 Å². The van der Waals surface area contributed by atoms with Gasteiger partial charge in [-0.3, -0.25) is 9.36 Å². The minimum Gasteiger partial charge on any atom is -0.319 e. The fraction of sp³-hybridized carbons (Fsp3) is 0.700. The van der Waals surface area contributed by atoms with Crippen molar-refractivity contribution >= 4 is 13.1 Å². The van der Waals surface area contributed by atoms with Gasteiger partial charge in [-0.1, -0.05) is 32.3 Å². The van der Waals surface area contributed by atoms with Gasteiger partial charge in [-0.2, -0.15) is 0 Å². The molecule has 15 heavy (non-hydrogen) atoms. The van der Waals surface area contributed by atoms with Crippen molar-refractivity contribution in [2.24, 2.45) is 0 Å². The maximum Gasteiger partial charge on any atom is 0.396 e. The lowest BCUT2D eigenvalue weighted by Crippen LogP contribution is -2.04. The highest BCUT2D eigenvalue weighted by atomic mass is 31.2. The van der Waals surface area contributed by atoms with Crippen molar-refractivity contribution in [3.8, 4) is 0 Å². The summed E-state index contributed by atoms with van der Waals surface area (Å²) in [6.07, 6.45) is 3.21. The Kier molecular flexibility index (Phi) is 6.03. The molecule has 4 nitrogen and oxygen atoms in total. The zero-order chi connectivity index (χ0) is 12.1. The van der Waals surface area contributed by atoms with Gasteiger partial charge in [-0.15, -0.1) is 0 Å². The van der Waals surface area contributed by atoms with E-state index in [2.05, 4.69) is 0 Å². The first-order valence-corrected chi connectivity index (χ1v) is 6.74. The van der Waals surface area contributed by atoms with Crippen LogP contribution in [0, 0.1) is 0 Å². The number of carbonyl (C=O) groups is 1. The molecule has 0 aromatic rings. The highest BCUT2D eigenvalue weighted by molar-refractivity contribution is 7.70. The molecule has 0 rings (SSSR count). The van der Waals surface area contributed by atoms with E-state index in [1.165, 1.54) is 6.92 Å². The van der Waals surface area contributed by atoms with Crippen LogP contribution in [0.3, 0.4) is 0 Å². The molecule has 0 amide bonds. The lowest BCUT2D eigenvalue weighted by molar-refractivity contribution is -0.110. The van der Waals surface area contributed by atoms with Gasteiger partial charge >= 0.3 is 7.60 Å². The Hall–Kier alpha value is -0.440. The van der Waals surface area contributed by atoms with Crippen molar-refractivity contribution in [2.75, 3.05) is 0 Å². The van der Waals surface area contributed by atoms with Crippen LogP contribution < -0.4 is 0 Å². The van der Waals surface area contributed by atoms with Gasteiger partial charge in [-0.05, 0) is 19.8 Å². The number of allylic oxidation sites excluding steroid dienone is 2. The minimum absolute atomic E-state index is 0.243. The number of hydrogen-bond acceptors (Lipinski definition) is 2. The Morgan fingerprint density at radius 2 is 1.53 bits per heavy atom. The monoisotopic (exact) mass is 234 g/mol. The molecule has 5 heteroatoms. The lowest BCUT2D eigenvalue weighted by Gasteiger charge is -2.10. The Bertz CT molecular complexity index is 293. The highest BCUT2D eigenvalue weighted by Crippen LogP contribution is 2.40. The molecule has 0 aliphatic heterocycles. The van der Waals surface area contributed by atoms with Crippen molar-refractivity contribution in [3.63, 3.8) is 0 Å². The Labute approximate surface area is 90.5 Å². The Balaban J connectivity index is 5.00. The summed E-state index contributed by atoms with van der Waals surface area (Å²) in [5.41, 5.74) is 0.0831. The van der Waals surface area contributed by atoms with E-state index < -0.39 is 13.1 Å². The molecular formula is C10H19O4P. The molecule has 0 aromatic carbocycles. The van der Waals surface area contributed by atoms with E-state index in [1.807, 2.05) is 13.8 Å². The van der Waals surface area contributed by atoms with E-state index >= 15 is 0 Å². The minimum atomic E-state index is -4.61. The van der Waals surface area contributed by atoms with Crippen molar-refractivity contribution in [2.45, 2.75) is 46.5 Å². The lowest BCUT2D eigenvalue weighted by atomic mass is 10.0. The van der Waals surface area contributed by atoms with E-state index in [4.69, 9.17) is 9.79 Å². The average molecular weight is 234 g/mol. The van der Waals surface area contributed by atoms with Gasteiger partial charge in [0.05, 0.1) is 0 Å². The smallest absolute Gasteiger partial charge is 0.319 e. The standard InChI is InChI=1S/C10H19O4P/c1-4-6-9(7-5-2)8(3)10(11)15(12,13)14/h4-7H2,1-3H3,(H2,12,13,14). The number of rotatable bonds is 6. The van der Waals surface area contributed by atoms with E-state index in [1.54, 1.807) is 0 Å². The van der Waals surface area contributed by atoms with Crippen LogP contribution in [0.5, 0.6) is 0 Å².